The normalized spacial score (nSPS) is 24.2. The molecule has 6 heterocycles. The first-order valence-electron chi connectivity index (χ1n) is 34.2. The van der Waals surface area contributed by atoms with Crippen molar-refractivity contribution in [2.75, 3.05) is 67.4 Å². The summed E-state index contributed by atoms with van der Waals surface area (Å²) in [6, 6.07) is 1.75. The van der Waals surface area contributed by atoms with Crippen LogP contribution < -0.4 is 0 Å². The molecule has 1 unspecified atom stereocenters. The van der Waals surface area contributed by atoms with Crippen LogP contribution in [0.15, 0.2) is 0 Å². The molecule has 0 spiro atoms. The van der Waals surface area contributed by atoms with Gasteiger partial charge in [-0.1, -0.05) is 62.8 Å². The van der Waals surface area contributed by atoms with Crippen LogP contribution in [0.1, 0.15) is 170 Å². The number of aliphatic hydroxyl groups excluding tert-OH is 3. The van der Waals surface area contributed by atoms with Crippen LogP contribution in [0.4, 0.5) is 0 Å². The Kier molecular flexibility index (Phi) is 76.4. The van der Waals surface area contributed by atoms with E-state index in [0.29, 0.717) is 32.1 Å². The summed E-state index contributed by atoms with van der Waals surface area (Å²) in [7, 11) is -10.6. The number of phosphoric acid groups is 2. The zero-order valence-electron chi connectivity index (χ0n) is 73.8. The molecule has 0 aromatic heterocycles. The van der Waals surface area contributed by atoms with Gasteiger partial charge in [-0.3, -0.25) is 55.9 Å². The largest absolute Gasteiger partial charge is 2.00 e. The summed E-state index contributed by atoms with van der Waals surface area (Å²) in [6.07, 6.45) is -1.31. The van der Waals surface area contributed by atoms with Crippen molar-refractivity contribution >= 4 is 369 Å². The van der Waals surface area contributed by atoms with Gasteiger partial charge in [-0.25, -0.2) is 48.8 Å². The number of carbonyl (C=O) groups excluding carboxylic acids is 6. The summed E-state index contributed by atoms with van der Waals surface area (Å²) in [5, 5.41) is 37.2. The zero-order chi connectivity index (χ0) is 78.8. The third kappa shape index (κ3) is 50.9. The van der Waals surface area contributed by atoms with E-state index in [-0.39, 0.29) is 428 Å². The smallest absolute Gasteiger partial charge is 1.00 e. The number of phosphoric ester groups is 2. The number of nitrogens with zero attached hydrogens (tertiary/aromatic N) is 4. The molecule has 15 atom stereocenters. The molecule has 0 bridgehead atoms. The second-order valence-corrected chi connectivity index (χ2v) is 40.8. The van der Waals surface area contributed by atoms with Crippen molar-refractivity contribution in [3.05, 3.63) is 39.6 Å². The molecule has 0 radical (unpaired) electrons. The number of hydroxylamine groups is 6. The summed E-state index contributed by atoms with van der Waals surface area (Å²) in [4.78, 5) is 80.8. The summed E-state index contributed by atoms with van der Waals surface area (Å²) < 4.78 is 128. The van der Waals surface area contributed by atoms with Gasteiger partial charge in [-0.2, -0.15) is 20.5 Å². The van der Waals surface area contributed by atoms with Gasteiger partial charge in [0.2, 0.25) is 0 Å². The predicted octanol–water partition coefficient (Wildman–Crippen LogP) is 8.24. The van der Waals surface area contributed by atoms with Crippen molar-refractivity contribution in [1.29, 1.82) is 5.26 Å². The Morgan fingerprint density at radius 2 is 0.829 bits per heavy atom. The average molecular weight is 2430 g/mol. The first-order chi connectivity index (χ1) is 48.5. The molecule has 111 heavy (non-hydrogen) atoms. The number of aliphatic hydroxyl groups is 3. The molecule has 46 heteroatoms. The number of carbonyl (C=O) groups is 6. The zero-order valence-corrected chi connectivity index (χ0v) is 99.1. The third-order valence-electron chi connectivity index (χ3n) is 16.8. The van der Waals surface area contributed by atoms with Crippen molar-refractivity contribution in [3.8, 4) is 6.07 Å². The van der Waals surface area contributed by atoms with Crippen molar-refractivity contribution in [3.63, 3.8) is 0 Å². The van der Waals surface area contributed by atoms with Gasteiger partial charge < -0.3 is 75.7 Å². The molecule has 3 N–H and O–H groups in total. The molecule has 0 aromatic rings. The summed E-state index contributed by atoms with van der Waals surface area (Å²) in [5.41, 5.74) is 0. The maximum atomic E-state index is 13.6. The monoisotopic (exact) mass is 2430 g/mol. The molecule has 6 aliphatic rings. The number of hydrogen-bond donors (Lipinski definition) is 3. The van der Waals surface area contributed by atoms with E-state index in [0.717, 1.165) is 35.0 Å². The molecule has 0 aromatic carbocycles. The van der Waals surface area contributed by atoms with E-state index in [9.17, 15) is 52.7 Å². The van der Waals surface area contributed by atoms with Gasteiger partial charge in [0.05, 0.1) is 114 Å². The van der Waals surface area contributed by atoms with Gasteiger partial charge in [-0.05, 0) is 49.1 Å². The SMILES string of the molecule is C.CC#N.CC(=O)ON(C)C(=O)CCO.CC(=O)ON(C)C(=O)CCO[P@@](=O)(OC[C@H]1O[CH-]C[C@H]1O)O[C@@H]1C[CH-]O[C@@H]1CO.CC[C@H]1O[CH-]C[C@H]1O[P+](=O)OC[C@H]1O[CH-]C[C@H]1O[Si](C)(C)C(C)(C)C.CC[C@H]1O[CH-]C[C@H]1O[P@@](=O)(OCCC(=O)N(C)OC(C)=O)OC[C@H]1O[CH-]C[C@H]1O[Si](C)(C)C(C)(C)C.[Ba+2].[Ba+2].[Ba+2].[Ba+2].[Ba+2].[Ba+2].[H-].[H-].[H-].[H-].[H-].[H-]. The average Bonchev–Trinajstić information content (AvgIpc) is 1.71. The second kappa shape index (κ2) is 66.4. The molecule has 3 amide bonds. The van der Waals surface area contributed by atoms with E-state index in [1.54, 1.807) is 32.5 Å². The number of ether oxygens (including phenoxy) is 6. The van der Waals surface area contributed by atoms with Gasteiger partial charge >= 0.3 is 335 Å². The van der Waals surface area contributed by atoms with E-state index >= 15 is 0 Å². The van der Waals surface area contributed by atoms with Crippen LogP contribution in [-0.4, -0.2) is 517 Å². The number of hydrogen-bond acceptors (Lipinski definition) is 32. The maximum absolute atomic E-state index is 13.6. The van der Waals surface area contributed by atoms with E-state index < -0.39 is 113 Å². The number of nitriles is 1. The first kappa shape index (κ1) is 128. The molecular weight excluding hydrogens is 2310 g/mol. The summed E-state index contributed by atoms with van der Waals surface area (Å²) in [5.74, 6) is -3.41. The standard InChI is InChI=1S/C23H42NO10PSi.C17H32O6PSi.C16H26NO11P.C6H11NO4.C2H3N.CH4.6Ba.6H/c1-9-18-19(10-13-28-18)33-35(27,30-15-12-22(26)24(6)32-17(2)25)31-16-21-20(11-14-29-21)34-36(7,8)23(3,4)5;1-7-13-14(8-10-19-13)22-24(18)21-12-16-15(9-11-20-16)23-25(5,6)17(2,3)4;1-11(19)27-17(2)16(21)5-8-25-29(22,26-10-15-12(20)3-6-24-15)28-13-4-7-23-14(13)9-18;1-5(9)11-7(2)6(10)3-4-8;1-2-3;;;;;;;;;;;;;/h13-14,18-21H,9-12,15-16H2,1-8H3;10-11,13-16H,7-9,12H2,1-6H3;6-7,12-15,18,20H,3-5,8-10H2,1-2H3;8H,3-4H2,1-2H3;1H3;1H4;;;;;;;;;;;;/q-2;-1;-2;;;;6*+2;6*-1/t18-,19-,20-,21-,35+;13-,14-,15-,16-;12-,13-,14-,15-,29+;;;;;;;;;;;;;;;/m111.............../s1. The summed E-state index contributed by atoms with van der Waals surface area (Å²) >= 11 is 0. The molecule has 624 valence electrons. The van der Waals surface area contributed by atoms with Crippen LogP contribution in [-0.2, 0) is 130 Å². The van der Waals surface area contributed by atoms with E-state index in [1.165, 1.54) is 55.1 Å². The number of amides is 3. The maximum Gasteiger partial charge on any atom is 2.00 e. The van der Waals surface area contributed by atoms with E-state index in [2.05, 4.69) is 77.4 Å². The Hall–Kier alpha value is 5.97. The minimum Gasteiger partial charge on any atom is -1.00 e. The fraction of sp³-hybridized carbons (Fsp3) is 0.800. The molecule has 6 aliphatic heterocycles. The van der Waals surface area contributed by atoms with Gasteiger partial charge in [0.15, 0.2) is 16.6 Å². The number of rotatable bonds is 32. The van der Waals surface area contributed by atoms with Crippen molar-refractivity contribution < 1.29 is 154 Å². The van der Waals surface area contributed by atoms with E-state index in [4.69, 9.17) is 88.7 Å². The van der Waals surface area contributed by atoms with Gasteiger partial charge in [-0.15, -0.1) is 47.6 Å². The minimum atomic E-state index is -4.21. The predicted molar refractivity (Wildman–Crippen MR) is 422 cm³/mol. The van der Waals surface area contributed by atoms with Crippen LogP contribution in [0.3, 0.4) is 0 Å². The van der Waals surface area contributed by atoms with Gasteiger partial charge in [0.1, 0.15) is 12.7 Å². The molecule has 6 rings (SSSR count). The van der Waals surface area contributed by atoms with Crippen LogP contribution in [0.2, 0.25) is 36.3 Å². The van der Waals surface area contributed by atoms with Crippen LogP contribution in [0, 0.1) is 51.0 Å². The third-order valence-corrected chi connectivity index (χ3v) is 29.6. The van der Waals surface area contributed by atoms with Gasteiger partial charge in [0, 0.05) is 71.7 Å². The molecule has 6 saturated heterocycles. The van der Waals surface area contributed by atoms with E-state index in [1.807, 2.05) is 13.8 Å². The van der Waals surface area contributed by atoms with Crippen molar-refractivity contribution in [2.24, 2.45) is 0 Å². The Balaban J connectivity index is -0.000000125. The topological polar surface area (TPSA) is 423 Å². The Morgan fingerprint density at radius 1 is 0.523 bits per heavy atom. The second-order valence-electron chi connectivity index (χ2n) is 27.1. The minimum absolute atomic E-state index is 0. The fourth-order valence-corrected chi connectivity index (χ4v) is 15.3. The Bertz CT molecular complexity index is 2830. The van der Waals surface area contributed by atoms with Crippen LogP contribution in [0.25, 0.3) is 0 Å². The van der Waals surface area contributed by atoms with Crippen molar-refractivity contribution in [1.82, 2.24) is 15.2 Å². The van der Waals surface area contributed by atoms with Crippen molar-refractivity contribution in [2.45, 2.75) is 271 Å². The molecular formula is C65H124Ba6N4O31P3Si2+. The fourth-order valence-electron chi connectivity index (χ4n) is 9.02. The van der Waals surface area contributed by atoms with Crippen LogP contribution >= 0.6 is 23.9 Å². The quantitative estimate of drug-likeness (QED) is 0.0247. The first-order valence-corrected chi connectivity index (χ1v) is 44.0. The van der Waals surface area contributed by atoms with Gasteiger partial charge in [0.25, 0.3) is 17.7 Å². The molecule has 35 nitrogen and oxygen atoms in total. The molecule has 0 saturated carbocycles. The molecule has 6 fully saturated rings. The molecule has 0 aliphatic carbocycles. The Labute approximate surface area is 911 Å². The summed E-state index contributed by atoms with van der Waals surface area (Å²) in [6.45, 7) is 38.9. The van der Waals surface area contributed by atoms with Crippen LogP contribution in [0.5, 0.6) is 0 Å². The Morgan fingerprint density at radius 3 is 1.17 bits per heavy atom.